The Morgan fingerprint density at radius 1 is 1.15 bits per heavy atom. The summed E-state index contributed by atoms with van der Waals surface area (Å²) in [6, 6.07) is 2.92. The Morgan fingerprint density at radius 2 is 1.90 bits per heavy atom. The van der Waals surface area contributed by atoms with Crippen molar-refractivity contribution in [2.45, 2.75) is 77.9 Å². The third-order valence-corrected chi connectivity index (χ3v) is 5.59. The van der Waals surface area contributed by atoms with E-state index < -0.39 is 0 Å². The fraction of sp³-hybridized carbons (Fsp3) is 0.778. The summed E-state index contributed by atoms with van der Waals surface area (Å²) < 4.78 is 2.61. The molecule has 20 heavy (non-hydrogen) atoms. The molecule has 0 radical (unpaired) electrons. The topological polar surface area (TPSA) is 25.2 Å². The van der Waals surface area contributed by atoms with Crippen molar-refractivity contribution in [3.05, 3.63) is 23.0 Å². The molecule has 1 N–H and O–H groups in total. The summed E-state index contributed by atoms with van der Waals surface area (Å²) in [5, 5.41) is 10.3. The first-order valence-corrected chi connectivity index (χ1v) is 8.48. The molecule has 1 fully saturated rings. The van der Waals surface area contributed by atoms with Gasteiger partial charge in [0.1, 0.15) is 0 Å². The number of hydrogen-bond acceptors (Lipinski definition) is 1. The zero-order chi connectivity index (χ0) is 14.3. The van der Waals surface area contributed by atoms with Crippen molar-refractivity contribution in [2.24, 2.45) is 11.8 Å². The molecule has 2 aliphatic rings. The largest absolute Gasteiger partial charge is 0.388 e. The van der Waals surface area contributed by atoms with Gasteiger partial charge in [0.05, 0.1) is 6.10 Å². The SMILES string of the molecule is Cc1cc2c(n1C1CCCCC1C(C)C)CCCC2O. The van der Waals surface area contributed by atoms with Crippen LogP contribution in [-0.4, -0.2) is 9.67 Å². The van der Waals surface area contributed by atoms with E-state index in [0.717, 1.165) is 31.1 Å². The number of aryl methyl sites for hydroxylation is 1. The summed E-state index contributed by atoms with van der Waals surface area (Å²) in [4.78, 5) is 0. The number of nitrogens with zero attached hydrogens (tertiary/aromatic N) is 1. The van der Waals surface area contributed by atoms with Crippen LogP contribution in [0.3, 0.4) is 0 Å². The predicted octanol–water partition coefficient (Wildman–Crippen LogP) is 4.55. The Morgan fingerprint density at radius 3 is 2.65 bits per heavy atom. The van der Waals surface area contributed by atoms with Crippen LogP contribution >= 0.6 is 0 Å². The van der Waals surface area contributed by atoms with Crippen LogP contribution in [0.4, 0.5) is 0 Å². The molecule has 3 unspecified atom stereocenters. The number of aliphatic hydroxyl groups excluding tert-OH is 1. The van der Waals surface area contributed by atoms with E-state index in [2.05, 4.69) is 31.4 Å². The molecule has 0 spiro atoms. The summed E-state index contributed by atoms with van der Waals surface area (Å²) >= 11 is 0. The number of rotatable bonds is 2. The molecule has 0 bridgehead atoms. The van der Waals surface area contributed by atoms with E-state index in [0.29, 0.717) is 6.04 Å². The number of aromatic nitrogens is 1. The van der Waals surface area contributed by atoms with Crippen LogP contribution < -0.4 is 0 Å². The van der Waals surface area contributed by atoms with Crippen molar-refractivity contribution in [2.75, 3.05) is 0 Å². The molecule has 0 amide bonds. The van der Waals surface area contributed by atoms with Crippen molar-refractivity contribution >= 4 is 0 Å². The van der Waals surface area contributed by atoms with Crippen molar-refractivity contribution in [3.8, 4) is 0 Å². The third kappa shape index (κ3) is 2.32. The van der Waals surface area contributed by atoms with Gasteiger partial charge in [0.25, 0.3) is 0 Å². The molecule has 112 valence electrons. The first-order valence-electron chi connectivity index (χ1n) is 8.48. The highest BCUT2D eigenvalue weighted by atomic mass is 16.3. The van der Waals surface area contributed by atoms with Crippen LogP contribution in [0.15, 0.2) is 6.07 Å². The van der Waals surface area contributed by atoms with Gasteiger partial charge in [-0.1, -0.05) is 26.7 Å². The molecule has 2 aliphatic carbocycles. The van der Waals surface area contributed by atoms with E-state index in [9.17, 15) is 5.11 Å². The van der Waals surface area contributed by atoms with Crippen molar-refractivity contribution < 1.29 is 5.11 Å². The number of aliphatic hydroxyl groups is 1. The number of hydrogen-bond donors (Lipinski definition) is 1. The maximum atomic E-state index is 10.3. The van der Waals surface area contributed by atoms with E-state index >= 15 is 0 Å². The van der Waals surface area contributed by atoms with Gasteiger partial charge in [0, 0.05) is 23.0 Å². The quantitative estimate of drug-likeness (QED) is 0.841. The van der Waals surface area contributed by atoms with Gasteiger partial charge in [-0.15, -0.1) is 0 Å². The molecule has 2 nitrogen and oxygen atoms in total. The van der Waals surface area contributed by atoms with Gasteiger partial charge in [0.2, 0.25) is 0 Å². The van der Waals surface area contributed by atoms with E-state index in [1.165, 1.54) is 42.6 Å². The second-order valence-corrected chi connectivity index (χ2v) is 7.23. The normalized spacial score (nSPS) is 30.6. The molecular formula is C18H29NO. The Kier molecular flexibility index (Phi) is 3.94. The fourth-order valence-corrected chi connectivity index (χ4v) is 4.60. The standard InChI is InChI=1S/C18H29NO/c1-12(2)14-7-4-5-8-16(14)19-13(3)11-15-17(19)9-6-10-18(15)20/h11-12,14,16,18,20H,4-10H2,1-3H3. The summed E-state index contributed by atoms with van der Waals surface area (Å²) in [6.45, 7) is 6.99. The fourth-order valence-electron chi connectivity index (χ4n) is 4.60. The highest BCUT2D eigenvalue weighted by Crippen LogP contribution is 2.43. The summed E-state index contributed by atoms with van der Waals surface area (Å²) in [5.41, 5.74) is 4.04. The second kappa shape index (κ2) is 5.55. The van der Waals surface area contributed by atoms with E-state index in [4.69, 9.17) is 0 Å². The lowest BCUT2D eigenvalue weighted by molar-refractivity contribution is 0.149. The lowest BCUT2D eigenvalue weighted by Crippen LogP contribution is -2.29. The second-order valence-electron chi connectivity index (χ2n) is 7.23. The minimum absolute atomic E-state index is 0.222. The lowest BCUT2D eigenvalue weighted by Gasteiger charge is -2.38. The average molecular weight is 275 g/mol. The van der Waals surface area contributed by atoms with Crippen molar-refractivity contribution in [3.63, 3.8) is 0 Å². The van der Waals surface area contributed by atoms with Gasteiger partial charge < -0.3 is 9.67 Å². The van der Waals surface area contributed by atoms with E-state index in [1.807, 2.05) is 0 Å². The smallest absolute Gasteiger partial charge is 0.0807 e. The van der Waals surface area contributed by atoms with Crippen LogP contribution in [0.2, 0.25) is 0 Å². The summed E-state index contributed by atoms with van der Waals surface area (Å²) in [6.07, 6.45) is 8.46. The maximum Gasteiger partial charge on any atom is 0.0807 e. The highest BCUT2D eigenvalue weighted by molar-refractivity contribution is 5.32. The first kappa shape index (κ1) is 14.2. The molecule has 0 saturated heterocycles. The highest BCUT2D eigenvalue weighted by Gasteiger charge is 2.33. The lowest BCUT2D eigenvalue weighted by atomic mass is 9.77. The molecule has 3 rings (SSSR count). The van der Waals surface area contributed by atoms with Crippen LogP contribution in [0.1, 0.15) is 81.5 Å². The molecular weight excluding hydrogens is 246 g/mol. The van der Waals surface area contributed by atoms with Crippen LogP contribution in [0.25, 0.3) is 0 Å². The molecule has 2 heteroatoms. The average Bonchev–Trinajstić information content (AvgIpc) is 2.76. The minimum atomic E-state index is -0.222. The zero-order valence-electron chi connectivity index (χ0n) is 13.2. The van der Waals surface area contributed by atoms with E-state index in [-0.39, 0.29) is 6.10 Å². The molecule has 0 aromatic carbocycles. The van der Waals surface area contributed by atoms with Gasteiger partial charge in [-0.25, -0.2) is 0 Å². The third-order valence-electron chi connectivity index (χ3n) is 5.59. The Labute approximate surface area is 123 Å². The first-order chi connectivity index (χ1) is 9.59. The molecule has 0 aliphatic heterocycles. The number of fused-ring (bicyclic) bond motifs is 1. The van der Waals surface area contributed by atoms with Gasteiger partial charge in [-0.3, -0.25) is 0 Å². The molecule has 1 aromatic heterocycles. The zero-order valence-corrected chi connectivity index (χ0v) is 13.2. The van der Waals surface area contributed by atoms with Gasteiger partial charge in [-0.2, -0.15) is 0 Å². The Hall–Kier alpha value is -0.760. The minimum Gasteiger partial charge on any atom is -0.388 e. The van der Waals surface area contributed by atoms with Crippen molar-refractivity contribution in [1.82, 2.24) is 4.57 Å². The maximum absolute atomic E-state index is 10.3. The predicted molar refractivity (Wildman–Crippen MR) is 82.9 cm³/mol. The van der Waals surface area contributed by atoms with Crippen molar-refractivity contribution in [1.29, 1.82) is 0 Å². The van der Waals surface area contributed by atoms with Crippen LogP contribution in [0.5, 0.6) is 0 Å². The molecule has 1 heterocycles. The van der Waals surface area contributed by atoms with E-state index in [1.54, 1.807) is 0 Å². The summed E-state index contributed by atoms with van der Waals surface area (Å²) in [7, 11) is 0. The van der Waals surface area contributed by atoms with Gasteiger partial charge in [0.15, 0.2) is 0 Å². The van der Waals surface area contributed by atoms with Gasteiger partial charge >= 0.3 is 0 Å². The van der Waals surface area contributed by atoms with Crippen LogP contribution in [0, 0.1) is 18.8 Å². The molecule has 1 saturated carbocycles. The van der Waals surface area contributed by atoms with Crippen LogP contribution in [-0.2, 0) is 6.42 Å². The Bertz CT molecular complexity index is 474. The summed E-state index contributed by atoms with van der Waals surface area (Å²) in [5.74, 6) is 1.56. The molecule has 3 atom stereocenters. The Balaban J connectivity index is 2.00. The van der Waals surface area contributed by atoms with Gasteiger partial charge in [-0.05, 0) is 56.9 Å². The monoisotopic (exact) mass is 275 g/mol. The molecule has 1 aromatic rings.